The summed E-state index contributed by atoms with van der Waals surface area (Å²) in [5.41, 5.74) is 3.35. The van der Waals surface area contributed by atoms with E-state index in [1.54, 1.807) is 14.2 Å². The van der Waals surface area contributed by atoms with Crippen molar-refractivity contribution in [1.29, 1.82) is 0 Å². The number of hydrogen-bond acceptors (Lipinski definition) is 2. The normalized spacial score (nSPS) is 10.0. The average molecular weight is 226 g/mol. The van der Waals surface area contributed by atoms with Crippen LogP contribution in [0.25, 0.3) is 11.1 Å². The molecule has 0 amide bonds. The minimum Gasteiger partial charge on any atom is -0.496 e. The van der Waals surface area contributed by atoms with E-state index < -0.39 is 0 Å². The number of benzene rings is 2. The Balaban J connectivity index is 2.69. The fraction of sp³-hybridized carbons (Fsp3) is 0.143. The molecule has 0 saturated carbocycles. The second kappa shape index (κ2) is 4.96. The molecule has 0 bridgehead atoms. The summed E-state index contributed by atoms with van der Waals surface area (Å²) >= 11 is 0. The lowest BCUT2D eigenvalue weighted by atomic mass is 9.86. The molecule has 2 aromatic rings. The van der Waals surface area contributed by atoms with Gasteiger partial charge in [-0.05, 0) is 17.7 Å². The van der Waals surface area contributed by atoms with Gasteiger partial charge in [0.15, 0.2) is 0 Å². The molecule has 86 valence electrons. The van der Waals surface area contributed by atoms with Crippen LogP contribution in [0.4, 0.5) is 0 Å². The van der Waals surface area contributed by atoms with Crippen molar-refractivity contribution in [3.05, 3.63) is 42.5 Å². The van der Waals surface area contributed by atoms with Gasteiger partial charge >= 0.3 is 0 Å². The quantitative estimate of drug-likeness (QED) is 0.740. The van der Waals surface area contributed by atoms with E-state index in [9.17, 15) is 0 Å². The molecule has 0 saturated heterocycles. The Labute approximate surface area is 103 Å². The third kappa shape index (κ3) is 2.14. The van der Waals surface area contributed by atoms with E-state index in [0.717, 1.165) is 22.6 Å². The number of ether oxygens (including phenoxy) is 2. The van der Waals surface area contributed by atoms with Crippen molar-refractivity contribution >= 4 is 13.3 Å². The monoisotopic (exact) mass is 226 g/mol. The largest absolute Gasteiger partial charge is 0.496 e. The molecule has 2 aromatic carbocycles. The van der Waals surface area contributed by atoms with Crippen molar-refractivity contribution in [3.63, 3.8) is 0 Å². The third-order valence-electron chi connectivity index (χ3n) is 2.84. The van der Waals surface area contributed by atoms with E-state index >= 15 is 0 Å². The van der Waals surface area contributed by atoms with Crippen LogP contribution >= 0.6 is 0 Å². The van der Waals surface area contributed by atoms with Crippen LogP contribution < -0.4 is 14.9 Å². The predicted molar refractivity (Wildman–Crippen MR) is 73.2 cm³/mol. The van der Waals surface area contributed by atoms with Crippen LogP contribution in [-0.2, 0) is 0 Å². The summed E-state index contributed by atoms with van der Waals surface area (Å²) in [7, 11) is 5.44. The highest BCUT2D eigenvalue weighted by Crippen LogP contribution is 2.36. The standard InChI is InChI=1S/C14H15BO2/c1-16-12-8-5-9-13(17-2)14(12)10-6-3-4-7-11(10)15/h3-9H,15H2,1-2H3. The van der Waals surface area contributed by atoms with Crippen LogP contribution in [0.2, 0.25) is 0 Å². The van der Waals surface area contributed by atoms with Crippen molar-refractivity contribution in [2.24, 2.45) is 0 Å². The molecule has 2 nitrogen and oxygen atoms in total. The summed E-state index contributed by atoms with van der Waals surface area (Å²) in [6, 6.07) is 14.0. The highest BCUT2D eigenvalue weighted by molar-refractivity contribution is 6.36. The second-order valence-electron chi connectivity index (χ2n) is 3.85. The Morgan fingerprint density at radius 3 is 1.94 bits per heavy atom. The maximum atomic E-state index is 5.42. The molecule has 0 aliphatic rings. The van der Waals surface area contributed by atoms with Gasteiger partial charge in [-0.15, -0.1) is 0 Å². The Morgan fingerprint density at radius 2 is 1.41 bits per heavy atom. The minimum atomic E-state index is 0.832. The Kier molecular flexibility index (Phi) is 3.38. The highest BCUT2D eigenvalue weighted by atomic mass is 16.5. The van der Waals surface area contributed by atoms with Crippen molar-refractivity contribution in [2.45, 2.75) is 0 Å². The average Bonchev–Trinajstić information content (AvgIpc) is 2.38. The van der Waals surface area contributed by atoms with Gasteiger partial charge in [-0.1, -0.05) is 35.8 Å². The number of methoxy groups -OCH3 is 2. The second-order valence-corrected chi connectivity index (χ2v) is 3.85. The molecule has 0 N–H and O–H groups in total. The first-order valence-electron chi connectivity index (χ1n) is 5.55. The lowest BCUT2D eigenvalue weighted by Crippen LogP contribution is -2.07. The van der Waals surface area contributed by atoms with Crippen LogP contribution in [0, 0.1) is 0 Å². The van der Waals surface area contributed by atoms with E-state index in [1.807, 2.05) is 30.3 Å². The number of hydrogen-bond donors (Lipinski definition) is 0. The molecular weight excluding hydrogens is 211 g/mol. The first kappa shape index (κ1) is 11.6. The van der Waals surface area contributed by atoms with Gasteiger partial charge in [0.1, 0.15) is 19.3 Å². The van der Waals surface area contributed by atoms with Gasteiger partial charge in [0.05, 0.1) is 19.8 Å². The van der Waals surface area contributed by atoms with E-state index in [-0.39, 0.29) is 0 Å². The molecule has 0 heterocycles. The van der Waals surface area contributed by atoms with Gasteiger partial charge in [0, 0.05) is 0 Å². The van der Waals surface area contributed by atoms with E-state index in [1.165, 1.54) is 5.46 Å². The van der Waals surface area contributed by atoms with Gasteiger partial charge in [0.2, 0.25) is 0 Å². The van der Waals surface area contributed by atoms with E-state index in [0.29, 0.717) is 0 Å². The smallest absolute Gasteiger partial charge is 0.140 e. The molecule has 0 fully saturated rings. The number of rotatable bonds is 3. The molecule has 0 atom stereocenters. The van der Waals surface area contributed by atoms with Crippen LogP contribution in [-0.4, -0.2) is 22.1 Å². The molecule has 0 radical (unpaired) electrons. The zero-order valence-corrected chi connectivity index (χ0v) is 10.4. The molecule has 17 heavy (non-hydrogen) atoms. The van der Waals surface area contributed by atoms with Gasteiger partial charge in [-0.2, -0.15) is 0 Å². The van der Waals surface area contributed by atoms with Crippen molar-refractivity contribution < 1.29 is 9.47 Å². The molecule has 2 rings (SSSR count). The summed E-state index contributed by atoms with van der Waals surface area (Å²) in [6.45, 7) is 0. The topological polar surface area (TPSA) is 18.5 Å². The van der Waals surface area contributed by atoms with Gasteiger partial charge in [-0.25, -0.2) is 0 Å². The Morgan fingerprint density at radius 1 is 0.824 bits per heavy atom. The highest BCUT2D eigenvalue weighted by Gasteiger charge is 2.13. The SMILES string of the molecule is Bc1ccccc1-c1c(OC)cccc1OC. The van der Waals surface area contributed by atoms with E-state index in [4.69, 9.17) is 9.47 Å². The third-order valence-corrected chi connectivity index (χ3v) is 2.84. The summed E-state index contributed by atoms with van der Waals surface area (Å²) < 4.78 is 10.8. The molecular formula is C14H15BO2. The van der Waals surface area contributed by atoms with Crippen LogP contribution in [0.15, 0.2) is 42.5 Å². The lowest BCUT2D eigenvalue weighted by Gasteiger charge is -2.14. The minimum absolute atomic E-state index is 0.832. The van der Waals surface area contributed by atoms with Gasteiger partial charge in [0.25, 0.3) is 0 Å². The van der Waals surface area contributed by atoms with Crippen molar-refractivity contribution in [3.8, 4) is 22.6 Å². The van der Waals surface area contributed by atoms with E-state index in [2.05, 4.69) is 20.0 Å². The molecule has 3 heteroatoms. The van der Waals surface area contributed by atoms with Crippen LogP contribution in [0.3, 0.4) is 0 Å². The first-order valence-corrected chi connectivity index (χ1v) is 5.55. The van der Waals surface area contributed by atoms with Crippen molar-refractivity contribution in [1.82, 2.24) is 0 Å². The van der Waals surface area contributed by atoms with Gasteiger partial charge < -0.3 is 9.47 Å². The maximum absolute atomic E-state index is 5.42. The zero-order chi connectivity index (χ0) is 12.3. The zero-order valence-electron chi connectivity index (χ0n) is 10.4. The lowest BCUT2D eigenvalue weighted by molar-refractivity contribution is 0.397. The molecule has 0 aliphatic heterocycles. The van der Waals surface area contributed by atoms with Crippen LogP contribution in [0.1, 0.15) is 0 Å². The molecule has 0 aromatic heterocycles. The summed E-state index contributed by atoms with van der Waals surface area (Å²) in [4.78, 5) is 0. The Hall–Kier alpha value is -1.90. The first-order chi connectivity index (χ1) is 8.27. The van der Waals surface area contributed by atoms with Gasteiger partial charge in [-0.3, -0.25) is 0 Å². The molecule has 0 unspecified atom stereocenters. The predicted octanol–water partition coefficient (Wildman–Crippen LogP) is 1.63. The molecule has 0 spiro atoms. The fourth-order valence-electron chi connectivity index (χ4n) is 1.97. The maximum Gasteiger partial charge on any atom is 0.140 e. The Bertz CT molecular complexity index is 501. The fourth-order valence-corrected chi connectivity index (χ4v) is 1.97. The van der Waals surface area contributed by atoms with Crippen molar-refractivity contribution in [2.75, 3.05) is 14.2 Å². The summed E-state index contributed by atoms with van der Waals surface area (Å²) in [6.07, 6.45) is 0. The van der Waals surface area contributed by atoms with Crippen LogP contribution in [0.5, 0.6) is 11.5 Å². The molecule has 0 aliphatic carbocycles. The summed E-state index contributed by atoms with van der Waals surface area (Å²) in [5, 5.41) is 0. The summed E-state index contributed by atoms with van der Waals surface area (Å²) in [5.74, 6) is 1.66.